The lowest BCUT2D eigenvalue weighted by atomic mass is 10.1. The van der Waals surface area contributed by atoms with Crippen molar-refractivity contribution in [1.82, 2.24) is 9.88 Å². The molecule has 116 valence electrons. The van der Waals surface area contributed by atoms with Crippen molar-refractivity contribution < 1.29 is 4.79 Å². The third-order valence-electron chi connectivity index (χ3n) is 4.01. The molecule has 5 nitrogen and oxygen atoms in total. The average molecular weight is 311 g/mol. The van der Waals surface area contributed by atoms with Gasteiger partial charge >= 0.3 is 0 Å². The highest BCUT2D eigenvalue weighted by atomic mass is 35.5. The van der Waals surface area contributed by atoms with E-state index in [1.165, 1.54) is 0 Å². The highest BCUT2D eigenvalue weighted by Gasteiger charge is 2.27. The fourth-order valence-electron chi connectivity index (χ4n) is 2.80. The normalized spacial score (nSPS) is 17.7. The number of carbonyl (C=O) groups is 1. The first-order valence-corrected chi connectivity index (χ1v) is 7.89. The molecule has 0 bridgehead atoms. The molecule has 0 aliphatic carbocycles. The van der Waals surface area contributed by atoms with Gasteiger partial charge in [-0.2, -0.15) is 0 Å². The SMILES string of the molecule is CCCC[C@H](C(N)=O)N1CCN(c2ccncc2Cl)CC1. The fraction of sp³-hybridized carbons (Fsp3) is 0.600. The molecule has 2 rings (SSSR count). The van der Waals surface area contributed by atoms with Gasteiger partial charge in [0.2, 0.25) is 5.91 Å². The van der Waals surface area contributed by atoms with Crippen LogP contribution < -0.4 is 10.6 Å². The molecule has 0 saturated carbocycles. The quantitative estimate of drug-likeness (QED) is 0.871. The molecule has 1 aliphatic rings. The number of nitrogens with zero attached hydrogens (tertiary/aromatic N) is 3. The van der Waals surface area contributed by atoms with Gasteiger partial charge in [-0.05, 0) is 12.5 Å². The summed E-state index contributed by atoms with van der Waals surface area (Å²) in [5, 5.41) is 0.670. The van der Waals surface area contributed by atoms with Crippen molar-refractivity contribution >= 4 is 23.2 Å². The molecule has 1 aromatic heterocycles. The lowest BCUT2D eigenvalue weighted by Crippen LogP contribution is -2.54. The number of aromatic nitrogens is 1. The van der Waals surface area contributed by atoms with Crippen LogP contribution in [-0.4, -0.2) is 48.0 Å². The first-order chi connectivity index (χ1) is 10.1. The predicted molar refractivity (Wildman–Crippen MR) is 85.5 cm³/mol. The van der Waals surface area contributed by atoms with Crippen molar-refractivity contribution in [2.75, 3.05) is 31.1 Å². The summed E-state index contributed by atoms with van der Waals surface area (Å²) in [4.78, 5) is 20.1. The van der Waals surface area contributed by atoms with Crippen LogP contribution in [0.4, 0.5) is 5.69 Å². The van der Waals surface area contributed by atoms with Gasteiger partial charge in [0.25, 0.3) is 0 Å². The lowest BCUT2D eigenvalue weighted by Gasteiger charge is -2.39. The van der Waals surface area contributed by atoms with Crippen LogP contribution >= 0.6 is 11.6 Å². The standard InChI is InChI=1S/C15H23ClN4O/c1-2-3-4-14(15(17)21)20-9-7-19(8-10-20)13-5-6-18-11-12(13)16/h5-6,11,14H,2-4,7-10H2,1H3,(H2,17,21)/t14-/m1/s1. The Kier molecular flexibility index (Phi) is 5.82. The van der Waals surface area contributed by atoms with E-state index < -0.39 is 0 Å². The first kappa shape index (κ1) is 16.0. The molecule has 0 radical (unpaired) electrons. The molecule has 1 aromatic rings. The van der Waals surface area contributed by atoms with Gasteiger partial charge in [0.1, 0.15) is 0 Å². The van der Waals surface area contributed by atoms with E-state index in [4.69, 9.17) is 17.3 Å². The van der Waals surface area contributed by atoms with Crippen LogP contribution in [0.1, 0.15) is 26.2 Å². The summed E-state index contributed by atoms with van der Waals surface area (Å²) in [6.45, 7) is 5.48. The molecular weight excluding hydrogens is 288 g/mol. The minimum Gasteiger partial charge on any atom is -0.368 e. The molecule has 0 unspecified atom stereocenters. The number of amides is 1. The number of anilines is 1. The largest absolute Gasteiger partial charge is 0.368 e. The Labute approximate surface area is 131 Å². The molecule has 0 aromatic carbocycles. The summed E-state index contributed by atoms with van der Waals surface area (Å²) in [6.07, 6.45) is 6.37. The van der Waals surface area contributed by atoms with Crippen LogP contribution in [0.3, 0.4) is 0 Å². The Morgan fingerprint density at radius 2 is 2.14 bits per heavy atom. The number of nitrogens with two attached hydrogens (primary N) is 1. The van der Waals surface area contributed by atoms with Crippen molar-refractivity contribution in [2.24, 2.45) is 5.73 Å². The zero-order chi connectivity index (χ0) is 15.2. The third kappa shape index (κ3) is 4.08. The maximum Gasteiger partial charge on any atom is 0.234 e. The number of rotatable bonds is 6. The van der Waals surface area contributed by atoms with Crippen molar-refractivity contribution in [3.63, 3.8) is 0 Å². The van der Waals surface area contributed by atoms with Gasteiger partial charge in [-0.1, -0.05) is 31.4 Å². The maximum absolute atomic E-state index is 11.6. The zero-order valence-electron chi connectivity index (χ0n) is 12.5. The van der Waals surface area contributed by atoms with Crippen LogP contribution in [0.5, 0.6) is 0 Å². The number of piperazine rings is 1. The van der Waals surface area contributed by atoms with E-state index in [1.54, 1.807) is 12.4 Å². The van der Waals surface area contributed by atoms with Gasteiger partial charge in [-0.3, -0.25) is 14.7 Å². The molecular formula is C15H23ClN4O. The minimum atomic E-state index is -0.209. The molecule has 0 spiro atoms. The number of carbonyl (C=O) groups excluding carboxylic acids is 1. The molecule has 1 amide bonds. The Morgan fingerprint density at radius 1 is 1.43 bits per heavy atom. The summed E-state index contributed by atoms with van der Waals surface area (Å²) in [5.41, 5.74) is 6.56. The fourth-order valence-corrected chi connectivity index (χ4v) is 3.04. The first-order valence-electron chi connectivity index (χ1n) is 7.51. The minimum absolute atomic E-state index is 0.139. The van der Waals surface area contributed by atoms with Gasteiger partial charge in [0.05, 0.1) is 16.8 Å². The summed E-state index contributed by atoms with van der Waals surface area (Å²) < 4.78 is 0. The summed E-state index contributed by atoms with van der Waals surface area (Å²) >= 11 is 6.18. The number of halogens is 1. The van der Waals surface area contributed by atoms with E-state index in [-0.39, 0.29) is 11.9 Å². The molecule has 6 heteroatoms. The summed E-state index contributed by atoms with van der Waals surface area (Å²) in [7, 11) is 0. The second-order valence-electron chi connectivity index (χ2n) is 5.41. The third-order valence-corrected chi connectivity index (χ3v) is 4.30. The smallest absolute Gasteiger partial charge is 0.234 e. The Bertz CT molecular complexity index is 474. The second kappa shape index (κ2) is 7.61. The van der Waals surface area contributed by atoms with E-state index in [0.29, 0.717) is 5.02 Å². The van der Waals surface area contributed by atoms with Gasteiger partial charge in [0, 0.05) is 38.6 Å². The van der Waals surface area contributed by atoms with Crippen LogP contribution in [0.2, 0.25) is 5.02 Å². The monoisotopic (exact) mass is 310 g/mol. The number of pyridine rings is 1. The van der Waals surface area contributed by atoms with E-state index in [2.05, 4.69) is 21.7 Å². The molecule has 21 heavy (non-hydrogen) atoms. The molecule has 1 aliphatic heterocycles. The van der Waals surface area contributed by atoms with Crippen molar-refractivity contribution in [3.8, 4) is 0 Å². The predicted octanol–water partition coefficient (Wildman–Crippen LogP) is 1.90. The Morgan fingerprint density at radius 3 is 2.71 bits per heavy atom. The number of hydrogen-bond acceptors (Lipinski definition) is 4. The Balaban J connectivity index is 1.96. The van der Waals surface area contributed by atoms with Crippen LogP contribution in [0, 0.1) is 0 Å². The Hall–Kier alpha value is -1.33. The van der Waals surface area contributed by atoms with Crippen LogP contribution in [0.15, 0.2) is 18.5 Å². The van der Waals surface area contributed by atoms with Gasteiger partial charge in [-0.25, -0.2) is 0 Å². The highest BCUT2D eigenvalue weighted by molar-refractivity contribution is 6.33. The van der Waals surface area contributed by atoms with Crippen molar-refractivity contribution in [3.05, 3.63) is 23.5 Å². The second-order valence-corrected chi connectivity index (χ2v) is 5.82. The topological polar surface area (TPSA) is 62.5 Å². The molecule has 1 atom stereocenters. The number of hydrogen-bond donors (Lipinski definition) is 1. The number of unbranched alkanes of at least 4 members (excludes halogenated alkanes) is 1. The summed E-state index contributed by atoms with van der Waals surface area (Å²) in [6, 6.07) is 1.79. The highest BCUT2D eigenvalue weighted by Crippen LogP contribution is 2.25. The van der Waals surface area contributed by atoms with Gasteiger partial charge < -0.3 is 10.6 Å². The van der Waals surface area contributed by atoms with E-state index >= 15 is 0 Å². The molecule has 1 saturated heterocycles. The van der Waals surface area contributed by atoms with Crippen LogP contribution in [-0.2, 0) is 4.79 Å². The van der Waals surface area contributed by atoms with Crippen molar-refractivity contribution in [1.29, 1.82) is 0 Å². The number of primary amides is 1. The van der Waals surface area contributed by atoms with Gasteiger partial charge in [-0.15, -0.1) is 0 Å². The van der Waals surface area contributed by atoms with Crippen LogP contribution in [0.25, 0.3) is 0 Å². The summed E-state index contributed by atoms with van der Waals surface area (Å²) in [5.74, 6) is -0.209. The maximum atomic E-state index is 11.6. The molecule has 2 heterocycles. The molecule has 2 N–H and O–H groups in total. The van der Waals surface area contributed by atoms with E-state index in [1.807, 2.05) is 6.07 Å². The van der Waals surface area contributed by atoms with E-state index in [9.17, 15) is 4.79 Å². The lowest BCUT2D eigenvalue weighted by molar-refractivity contribution is -0.123. The molecule has 1 fully saturated rings. The van der Waals surface area contributed by atoms with E-state index in [0.717, 1.165) is 51.1 Å². The van der Waals surface area contributed by atoms with Crippen molar-refractivity contribution in [2.45, 2.75) is 32.2 Å². The average Bonchev–Trinajstić information content (AvgIpc) is 2.49. The van der Waals surface area contributed by atoms with Gasteiger partial charge in [0.15, 0.2) is 0 Å². The zero-order valence-corrected chi connectivity index (χ0v) is 13.2.